The van der Waals surface area contributed by atoms with Gasteiger partial charge in [0.2, 0.25) is 0 Å². The number of aryl methyl sites for hydroxylation is 1. The van der Waals surface area contributed by atoms with Crippen molar-refractivity contribution >= 4 is 21.8 Å². The van der Waals surface area contributed by atoms with E-state index in [0.29, 0.717) is 23.6 Å². The van der Waals surface area contributed by atoms with Gasteiger partial charge in [-0.1, -0.05) is 15.9 Å². The van der Waals surface area contributed by atoms with E-state index in [-0.39, 0.29) is 17.7 Å². The number of hydrogen-bond donors (Lipinski definition) is 1. The highest BCUT2D eigenvalue weighted by molar-refractivity contribution is 9.10. The second-order valence-corrected chi connectivity index (χ2v) is 7.48. The standard InChI is InChI=1S/C19H21BrF2N2O3/c1-12-2-4-17(26-12)18(25)23-15-6-8-24(9-7-15)11-13-10-14(20)3-5-16(13)27-19(21)22/h2-5,10,15,19H,6-9,11H2,1H3,(H,23,25). The Bertz CT molecular complexity index is 789. The van der Waals surface area contributed by atoms with Crippen molar-refractivity contribution in [2.75, 3.05) is 13.1 Å². The fraction of sp³-hybridized carbons (Fsp3) is 0.421. The second kappa shape index (κ2) is 8.84. The molecule has 1 aliphatic rings. The van der Waals surface area contributed by atoms with Crippen LogP contribution in [0.4, 0.5) is 8.78 Å². The summed E-state index contributed by atoms with van der Waals surface area (Å²) in [7, 11) is 0. The zero-order chi connectivity index (χ0) is 19.4. The number of halogens is 3. The highest BCUT2D eigenvalue weighted by Crippen LogP contribution is 2.27. The third-order valence-electron chi connectivity index (χ3n) is 4.52. The third-order valence-corrected chi connectivity index (χ3v) is 5.01. The van der Waals surface area contributed by atoms with Crippen LogP contribution in [0, 0.1) is 6.92 Å². The van der Waals surface area contributed by atoms with Crippen molar-refractivity contribution in [1.29, 1.82) is 0 Å². The Labute approximate surface area is 164 Å². The fourth-order valence-corrected chi connectivity index (χ4v) is 3.58. The van der Waals surface area contributed by atoms with Gasteiger partial charge in [0.25, 0.3) is 5.91 Å². The normalized spacial score (nSPS) is 15.9. The van der Waals surface area contributed by atoms with Gasteiger partial charge in [0.1, 0.15) is 11.5 Å². The lowest BCUT2D eigenvalue weighted by Gasteiger charge is -2.32. The van der Waals surface area contributed by atoms with Gasteiger partial charge in [0, 0.05) is 35.7 Å². The van der Waals surface area contributed by atoms with Crippen LogP contribution < -0.4 is 10.1 Å². The summed E-state index contributed by atoms with van der Waals surface area (Å²) in [4.78, 5) is 14.3. The van der Waals surface area contributed by atoms with E-state index in [9.17, 15) is 13.6 Å². The van der Waals surface area contributed by atoms with E-state index in [0.717, 1.165) is 30.4 Å². The zero-order valence-corrected chi connectivity index (χ0v) is 16.5. The van der Waals surface area contributed by atoms with Crippen molar-refractivity contribution in [3.63, 3.8) is 0 Å². The maximum absolute atomic E-state index is 12.6. The van der Waals surface area contributed by atoms with Gasteiger partial charge in [0.05, 0.1) is 0 Å². The first-order valence-corrected chi connectivity index (χ1v) is 9.53. The number of amides is 1. The van der Waals surface area contributed by atoms with Crippen LogP contribution in [0.15, 0.2) is 39.2 Å². The van der Waals surface area contributed by atoms with Crippen molar-refractivity contribution in [3.8, 4) is 5.75 Å². The van der Waals surface area contributed by atoms with Gasteiger partial charge in [-0.05, 0) is 50.1 Å². The van der Waals surface area contributed by atoms with Crippen molar-refractivity contribution in [2.45, 2.75) is 39.0 Å². The predicted molar refractivity (Wildman–Crippen MR) is 100.0 cm³/mol. The second-order valence-electron chi connectivity index (χ2n) is 6.56. The van der Waals surface area contributed by atoms with Gasteiger partial charge in [0.15, 0.2) is 5.76 Å². The molecule has 0 unspecified atom stereocenters. The summed E-state index contributed by atoms with van der Waals surface area (Å²) in [6.45, 7) is 0.963. The number of furan rings is 1. The molecule has 1 aromatic carbocycles. The largest absolute Gasteiger partial charge is 0.456 e. The SMILES string of the molecule is Cc1ccc(C(=O)NC2CCN(Cc3cc(Br)ccc3OC(F)F)CC2)o1. The molecule has 146 valence electrons. The summed E-state index contributed by atoms with van der Waals surface area (Å²) >= 11 is 3.37. The maximum atomic E-state index is 12.6. The van der Waals surface area contributed by atoms with Gasteiger partial charge in [-0.25, -0.2) is 0 Å². The molecule has 0 radical (unpaired) electrons. The lowest BCUT2D eigenvalue weighted by molar-refractivity contribution is -0.0508. The van der Waals surface area contributed by atoms with E-state index in [1.165, 1.54) is 0 Å². The lowest BCUT2D eigenvalue weighted by atomic mass is 10.0. The Morgan fingerprint density at radius 2 is 2.07 bits per heavy atom. The van der Waals surface area contributed by atoms with Gasteiger partial charge < -0.3 is 14.5 Å². The number of benzene rings is 1. The monoisotopic (exact) mass is 442 g/mol. The first-order valence-electron chi connectivity index (χ1n) is 8.73. The first-order chi connectivity index (χ1) is 12.9. The van der Waals surface area contributed by atoms with E-state index in [2.05, 4.69) is 30.9 Å². The molecule has 1 N–H and O–H groups in total. The van der Waals surface area contributed by atoms with Crippen molar-refractivity contribution in [1.82, 2.24) is 10.2 Å². The third kappa shape index (κ3) is 5.52. The van der Waals surface area contributed by atoms with Gasteiger partial charge >= 0.3 is 6.61 Å². The van der Waals surface area contributed by atoms with Crippen LogP contribution in [-0.2, 0) is 6.54 Å². The average molecular weight is 443 g/mol. The molecule has 1 aliphatic heterocycles. The van der Waals surface area contributed by atoms with Crippen LogP contribution in [-0.4, -0.2) is 36.5 Å². The minimum Gasteiger partial charge on any atom is -0.456 e. The summed E-state index contributed by atoms with van der Waals surface area (Å²) < 4.78 is 36.0. The number of nitrogens with zero attached hydrogens (tertiary/aromatic N) is 1. The Hall–Kier alpha value is -1.93. The van der Waals surface area contributed by atoms with Crippen molar-refractivity contribution < 1.29 is 22.7 Å². The molecule has 0 spiro atoms. The van der Waals surface area contributed by atoms with Crippen LogP contribution in [0.1, 0.15) is 34.7 Å². The van der Waals surface area contributed by atoms with Crippen molar-refractivity contribution in [2.24, 2.45) is 0 Å². The molecule has 27 heavy (non-hydrogen) atoms. The number of carbonyl (C=O) groups excluding carboxylic acids is 1. The summed E-state index contributed by atoms with van der Waals surface area (Å²) in [5.41, 5.74) is 0.707. The Morgan fingerprint density at radius 1 is 1.33 bits per heavy atom. The number of alkyl halides is 2. The minimum absolute atomic E-state index is 0.0680. The molecule has 2 heterocycles. The van der Waals surface area contributed by atoms with Gasteiger partial charge in [-0.2, -0.15) is 8.78 Å². The highest BCUT2D eigenvalue weighted by Gasteiger charge is 2.23. The number of likely N-dealkylation sites (tertiary alicyclic amines) is 1. The Balaban J connectivity index is 1.54. The zero-order valence-electron chi connectivity index (χ0n) is 14.9. The van der Waals surface area contributed by atoms with Gasteiger partial charge in [-0.15, -0.1) is 0 Å². The molecule has 0 saturated carbocycles. The molecule has 0 aliphatic carbocycles. The molecule has 0 bridgehead atoms. The van der Waals surface area contributed by atoms with Crippen LogP contribution in [0.3, 0.4) is 0 Å². The fourth-order valence-electron chi connectivity index (χ4n) is 3.17. The Kier molecular flexibility index (Phi) is 6.49. The number of rotatable bonds is 6. The first kappa shape index (κ1) is 19.8. The van der Waals surface area contributed by atoms with E-state index < -0.39 is 6.61 Å². The molecule has 3 rings (SSSR count). The topological polar surface area (TPSA) is 54.7 Å². The number of nitrogens with one attached hydrogen (secondary N) is 1. The van der Waals surface area contributed by atoms with E-state index in [4.69, 9.17) is 4.42 Å². The predicted octanol–water partition coefficient (Wildman–Crippen LogP) is 4.35. The highest BCUT2D eigenvalue weighted by atomic mass is 79.9. The Morgan fingerprint density at radius 3 is 2.70 bits per heavy atom. The van der Waals surface area contributed by atoms with E-state index >= 15 is 0 Å². The summed E-state index contributed by atoms with van der Waals surface area (Å²) in [5.74, 6) is 1.00. The van der Waals surface area contributed by atoms with E-state index in [1.54, 1.807) is 37.3 Å². The average Bonchev–Trinajstić information content (AvgIpc) is 3.05. The molecular formula is C19H21BrF2N2O3. The minimum atomic E-state index is -2.85. The molecule has 1 fully saturated rings. The molecule has 2 aromatic rings. The smallest absolute Gasteiger partial charge is 0.387 e. The van der Waals surface area contributed by atoms with Gasteiger partial charge in [-0.3, -0.25) is 9.69 Å². The lowest BCUT2D eigenvalue weighted by Crippen LogP contribution is -2.44. The molecule has 1 amide bonds. The summed E-state index contributed by atoms with van der Waals surface area (Å²) in [5, 5.41) is 2.99. The molecule has 0 atom stereocenters. The quantitative estimate of drug-likeness (QED) is 0.722. The van der Waals surface area contributed by atoms with Crippen LogP contribution in [0.5, 0.6) is 5.75 Å². The molecule has 5 nitrogen and oxygen atoms in total. The molecule has 8 heteroatoms. The number of hydrogen-bond acceptors (Lipinski definition) is 4. The maximum Gasteiger partial charge on any atom is 0.387 e. The van der Waals surface area contributed by atoms with Crippen LogP contribution in [0.2, 0.25) is 0 Å². The molecule has 1 saturated heterocycles. The van der Waals surface area contributed by atoms with Crippen molar-refractivity contribution in [3.05, 3.63) is 51.9 Å². The number of carbonyl (C=O) groups is 1. The van der Waals surface area contributed by atoms with E-state index in [1.807, 2.05) is 0 Å². The molecular weight excluding hydrogens is 422 g/mol. The van der Waals surface area contributed by atoms with Crippen LogP contribution in [0.25, 0.3) is 0 Å². The van der Waals surface area contributed by atoms with Crippen LogP contribution >= 0.6 is 15.9 Å². The molecule has 1 aromatic heterocycles. The summed E-state index contributed by atoms with van der Waals surface area (Å²) in [6, 6.07) is 8.51. The summed E-state index contributed by atoms with van der Waals surface area (Å²) in [6.07, 6.45) is 1.56. The number of ether oxygens (including phenoxy) is 1. The number of piperidine rings is 1.